The maximum absolute atomic E-state index is 11.4. The molecular weight excluding hydrogens is 372 g/mol. The van der Waals surface area contributed by atoms with Crippen LogP contribution in [0.15, 0.2) is 48.8 Å². The second-order valence-corrected chi connectivity index (χ2v) is 8.38. The van der Waals surface area contributed by atoms with Crippen LogP contribution >= 0.6 is 11.3 Å². The summed E-state index contributed by atoms with van der Waals surface area (Å²) in [7, 11) is 0. The van der Waals surface area contributed by atoms with Gasteiger partial charge in [-0.1, -0.05) is 12.1 Å². The number of carboxylic acid groups (broad SMARTS) is 1. The summed E-state index contributed by atoms with van der Waals surface area (Å²) in [4.78, 5) is 18.1. The van der Waals surface area contributed by atoms with E-state index in [4.69, 9.17) is 4.74 Å². The number of thiophene rings is 1. The fourth-order valence-corrected chi connectivity index (χ4v) is 4.49. The lowest BCUT2D eigenvalue weighted by Gasteiger charge is -2.27. The van der Waals surface area contributed by atoms with Gasteiger partial charge in [-0.05, 0) is 48.7 Å². The Bertz CT molecular complexity index is 999. The van der Waals surface area contributed by atoms with Gasteiger partial charge in [-0.15, -0.1) is 11.3 Å². The maximum atomic E-state index is 11.4. The van der Waals surface area contributed by atoms with Gasteiger partial charge in [0.15, 0.2) is 0 Å². The number of carboxylic acids is 1. The molecule has 2 N–H and O–H groups in total. The van der Waals surface area contributed by atoms with Crippen molar-refractivity contribution in [1.29, 1.82) is 0 Å². The van der Waals surface area contributed by atoms with Crippen molar-refractivity contribution in [2.45, 2.75) is 25.7 Å². The molecule has 0 amide bonds. The molecule has 1 unspecified atom stereocenters. The lowest BCUT2D eigenvalue weighted by Crippen LogP contribution is -2.21. The van der Waals surface area contributed by atoms with E-state index in [0.717, 1.165) is 18.6 Å². The molecule has 3 heterocycles. The number of rotatable bonds is 6. The zero-order chi connectivity index (χ0) is 19.5. The van der Waals surface area contributed by atoms with Crippen molar-refractivity contribution in [2.75, 3.05) is 18.5 Å². The quantitative estimate of drug-likeness (QED) is 0.633. The second-order valence-electron chi connectivity index (χ2n) is 7.00. The Kier molecular flexibility index (Phi) is 5.30. The number of anilines is 1. The topological polar surface area (TPSA) is 71.5 Å². The highest BCUT2D eigenvalue weighted by Gasteiger charge is 2.22. The van der Waals surface area contributed by atoms with Crippen LogP contribution in [0, 0.1) is 6.92 Å². The SMILES string of the molecule is Cc1ccc(Cc2ccc3c(c2)OCCC3CNc2cnccc2C(=O)O)s1. The first-order valence-electron chi connectivity index (χ1n) is 9.32. The van der Waals surface area contributed by atoms with Crippen LogP contribution in [0.1, 0.15) is 43.6 Å². The molecule has 2 aromatic heterocycles. The van der Waals surface area contributed by atoms with Gasteiger partial charge < -0.3 is 15.2 Å². The molecule has 5 nitrogen and oxygen atoms in total. The summed E-state index contributed by atoms with van der Waals surface area (Å²) in [5, 5.41) is 12.6. The van der Waals surface area contributed by atoms with Gasteiger partial charge in [-0.3, -0.25) is 4.98 Å². The van der Waals surface area contributed by atoms with Crippen molar-refractivity contribution in [2.24, 2.45) is 0 Å². The van der Waals surface area contributed by atoms with Gasteiger partial charge in [-0.2, -0.15) is 0 Å². The highest BCUT2D eigenvalue weighted by molar-refractivity contribution is 7.11. The predicted molar refractivity (Wildman–Crippen MR) is 111 cm³/mol. The van der Waals surface area contributed by atoms with Crippen LogP contribution < -0.4 is 10.1 Å². The molecule has 0 spiro atoms. The molecule has 1 aromatic carbocycles. The standard InChI is InChI=1S/C22H22N2O3S/c1-14-2-4-17(28-14)10-15-3-5-18-16(7-9-27-21(18)11-15)12-24-20-13-23-8-6-19(20)22(25)26/h2-6,8,11,13,16,24H,7,9-10,12H2,1H3,(H,25,26). The highest BCUT2D eigenvalue weighted by atomic mass is 32.1. The Hall–Kier alpha value is -2.86. The van der Waals surface area contributed by atoms with E-state index in [9.17, 15) is 9.90 Å². The number of nitrogens with zero attached hydrogens (tertiary/aromatic N) is 1. The van der Waals surface area contributed by atoms with Crippen molar-refractivity contribution in [1.82, 2.24) is 4.98 Å². The van der Waals surface area contributed by atoms with Gasteiger partial charge in [0.2, 0.25) is 0 Å². The molecule has 0 radical (unpaired) electrons. The molecule has 28 heavy (non-hydrogen) atoms. The van der Waals surface area contributed by atoms with E-state index < -0.39 is 5.97 Å². The summed E-state index contributed by atoms with van der Waals surface area (Å²) >= 11 is 1.83. The van der Waals surface area contributed by atoms with Gasteiger partial charge >= 0.3 is 5.97 Å². The average molecular weight is 394 g/mol. The van der Waals surface area contributed by atoms with E-state index in [1.165, 1.54) is 33.1 Å². The molecule has 144 valence electrons. The second kappa shape index (κ2) is 8.02. The zero-order valence-corrected chi connectivity index (χ0v) is 16.5. The molecule has 0 bridgehead atoms. The average Bonchev–Trinajstić information content (AvgIpc) is 3.10. The number of benzene rings is 1. The van der Waals surface area contributed by atoms with Gasteiger partial charge in [0.1, 0.15) is 5.75 Å². The number of aromatic nitrogens is 1. The van der Waals surface area contributed by atoms with Gasteiger partial charge in [0, 0.05) is 34.8 Å². The van der Waals surface area contributed by atoms with Crippen molar-refractivity contribution in [3.63, 3.8) is 0 Å². The van der Waals surface area contributed by atoms with E-state index in [1.807, 2.05) is 11.3 Å². The molecular formula is C22H22N2O3S. The minimum atomic E-state index is -0.953. The monoisotopic (exact) mass is 394 g/mol. The number of hydrogen-bond acceptors (Lipinski definition) is 5. The van der Waals surface area contributed by atoms with Crippen molar-refractivity contribution >= 4 is 23.0 Å². The molecule has 1 aliphatic heterocycles. The molecule has 1 atom stereocenters. The lowest BCUT2D eigenvalue weighted by molar-refractivity contribution is 0.0697. The largest absolute Gasteiger partial charge is 0.493 e. The summed E-state index contributed by atoms with van der Waals surface area (Å²) in [6.07, 6.45) is 4.87. The van der Waals surface area contributed by atoms with Gasteiger partial charge in [0.25, 0.3) is 0 Å². The van der Waals surface area contributed by atoms with E-state index >= 15 is 0 Å². The summed E-state index contributed by atoms with van der Waals surface area (Å²) in [6.45, 7) is 3.44. The van der Waals surface area contributed by atoms with Crippen LogP contribution in [0.5, 0.6) is 5.75 Å². The van der Waals surface area contributed by atoms with Crippen LogP contribution in [0.3, 0.4) is 0 Å². The van der Waals surface area contributed by atoms with Gasteiger partial charge in [-0.25, -0.2) is 4.79 Å². The highest BCUT2D eigenvalue weighted by Crippen LogP contribution is 2.35. The number of carbonyl (C=O) groups is 1. The number of aryl methyl sites for hydroxylation is 1. The third kappa shape index (κ3) is 4.02. The number of nitrogens with one attached hydrogen (secondary N) is 1. The minimum Gasteiger partial charge on any atom is -0.493 e. The van der Waals surface area contributed by atoms with Crippen molar-refractivity contribution in [3.8, 4) is 5.75 Å². The van der Waals surface area contributed by atoms with Crippen LogP contribution in [-0.4, -0.2) is 29.2 Å². The number of pyridine rings is 1. The lowest BCUT2D eigenvalue weighted by atomic mass is 9.91. The van der Waals surface area contributed by atoms with Crippen molar-refractivity contribution in [3.05, 3.63) is 75.2 Å². The first-order chi connectivity index (χ1) is 13.6. The number of hydrogen-bond donors (Lipinski definition) is 2. The fourth-order valence-electron chi connectivity index (χ4n) is 3.57. The number of ether oxygens (including phenoxy) is 1. The molecule has 0 fully saturated rings. The van der Waals surface area contributed by atoms with E-state index in [-0.39, 0.29) is 11.5 Å². The molecule has 1 aliphatic rings. The molecule has 0 aliphatic carbocycles. The zero-order valence-electron chi connectivity index (χ0n) is 15.6. The molecule has 4 rings (SSSR count). The van der Waals surface area contributed by atoms with E-state index in [0.29, 0.717) is 18.8 Å². The van der Waals surface area contributed by atoms with Gasteiger partial charge in [0.05, 0.1) is 24.1 Å². The third-order valence-electron chi connectivity index (χ3n) is 5.01. The molecule has 0 saturated heterocycles. The summed E-state index contributed by atoms with van der Waals surface area (Å²) in [5.41, 5.74) is 3.21. The predicted octanol–water partition coefficient (Wildman–Crippen LogP) is 4.72. The first kappa shape index (κ1) is 18.5. The summed E-state index contributed by atoms with van der Waals surface area (Å²) < 4.78 is 5.92. The number of fused-ring (bicyclic) bond motifs is 1. The van der Waals surface area contributed by atoms with E-state index in [1.54, 1.807) is 6.20 Å². The Labute approximate surface area is 168 Å². The summed E-state index contributed by atoms with van der Waals surface area (Å²) in [6, 6.07) is 12.3. The maximum Gasteiger partial charge on any atom is 0.337 e. The minimum absolute atomic E-state index is 0.240. The van der Waals surface area contributed by atoms with Crippen LogP contribution in [0.4, 0.5) is 5.69 Å². The molecule has 0 saturated carbocycles. The molecule has 3 aromatic rings. The van der Waals surface area contributed by atoms with Crippen LogP contribution in [0.25, 0.3) is 0 Å². The third-order valence-corrected chi connectivity index (χ3v) is 6.01. The summed E-state index contributed by atoms with van der Waals surface area (Å²) in [5.74, 6) is 0.253. The van der Waals surface area contributed by atoms with Crippen LogP contribution in [-0.2, 0) is 6.42 Å². The fraction of sp³-hybridized carbons (Fsp3) is 0.273. The normalized spacial score (nSPS) is 15.5. The molecule has 6 heteroatoms. The Morgan fingerprint density at radius 3 is 3.00 bits per heavy atom. The first-order valence-corrected chi connectivity index (χ1v) is 10.1. The van der Waals surface area contributed by atoms with E-state index in [2.05, 4.69) is 47.6 Å². The Balaban J connectivity index is 1.49. The number of aromatic carboxylic acids is 1. The Morgan fingerprint density at radius 1 is 1.32 bits per heavy atom. The smallest absolute Gasteiger partial charge is 0.337 e. The van der Waals surface area contributed by atoms with Crippen LogP contribution in [0.2, 0.25) is 0 Å². The Morgan fingerprint density at radius 2 is 2.21 bits per heavy atom. The van der Waals surface area contributed by atoms with Crippen molar-refractivity contribution < 1.29 is 14.6 Å².